The van der Waals surface area contributed by atoms with Crippen LogP contribution in [0.3, 0.4) is 0 Å². The van der Waals surface area contributed by atoms with Crippen molar-refractivity contribution in [2.75, 3.05) is 6.61 Å². The van der Waals surface area contributed by atoms with Gasteiger partial charge in [0, 0.05) is 10.0 Å². The van der Waals surface area contributed by atoms with E-state index >= 15 is 0 Å². The van der Waals surface area contributed by atoms with Crippen LogP contribution < -0.4 is 10.2 Å². The lowest BCUT2D eigenvalue weighted by Crippen LogP contribution is -2.24. The van der Waals surface area contributed by atoms with Gasteiger partial charge in [0.2, 0.25) is 0 Å². The molecular weight excluding hydrogens is 650 g/mol. The van der Waals surface area contributed by atoms with Crippen LogP contribution in [0, 0.1) is 0 Å². The minimum Gasteiger partial charge on any atom is -0.481 e. The van der Waals surface area contributed by atoms with Gasteiger partial charge >= 0.3 is 0 Å². The Hall–Kier alpha value is -1.03. The summed E-state index contributed by atoms with van der Waals surface area (Å²) in [7, 11) is 0. The van der Waals surface area contributed by atoms with Gasteiger partial charge in [-0.25, -0.2) is 5.43 Å². The molecule has 3 rings (SSSR count). The van der Waals surface area contributed by atoms with E-state index in [0.717, 1.165) is 4.47 Å². The zero-order valence-electron chi connectivity index (χ0n) is 14.7. The molecule has 0 aliphatic carbocycles. The van der Waals surface area contributed by atoms with E-state index in [0.29, 0.717) is 46.8 Å². The van der Waals surface area contributed by atoms with E-state index in [1.807, 2.05) is 12.1 Å². The maximum atomic E-state index is 12.0. The Kier molecular flexibility index (Phi) is 8.29. The number of hydrazone groups is 1. The highest BCUT2D eigenvalue weighted by atomic mass is 79.9. The van der Waals surface area contributed by atoms with E-state index in [1.165, 1.54) is 6.21 Å². The fourth-order valence-corrected chi connectivity index (χ4v) is 5.41. The van der Waals surface area contributed by atoms with Crippen LogP contribution in [0.1, 0.15) is 5.76 Å². The third-order valence-corrected chi connectivity index (χ3v) is 6.26. The van der Waals surface area contributed by atoms with Crippen molar-refractivity contribution in [3.05, 3.63) is 70.6 Å². The molecule has 0 fully saturated rings. The zero-order valence-corrected chi connectivity index (χ0v) is 21.7. The summed E-state index contributed by atoms with van der Waals surface area (Å²) in [6.45, 7) is -0.224. The molecule has 0 atom stereocenters. The summed E-state index contributed by atoms with van der Waals surface area (Å²) in [6.07, 6.45) is 1.36. The second kappa shape index (κ2) is 10.5. The molecule has 156 valence electrons. The number of ether oxygens (including phenoxy) is 1. The van der Waals surface area contributed by atoms with Gasteiger partial charge in [-0.1, -0.05) is 50.7 Å². The highest BCUT2D eigenvalue weighted by Crippen LogP contribution is 2.37. The number of rotatable bonds is 6. The number of carbonyl (C=O) groups is 1. The number of nitrogens with zero attached hydrogens (tertiary/aromatic N) is 1. The number of hydrogen-bond donors (Lipinski definition) is 1. The highest BCUT2D eigenvalue weighted by molar-refractivity contribution is 9.11. The van der Waals surface area contributed by atoms with Crippen molar-refractivity contribution in [2.45, 2.75) is 0 Å². The number of amides is 1. The second-order valence-electron chi connectivity index (χ2n) is 5.73. The fraction of sp³-hybridized carbons (Fsp3) is 0.0526. The normalized spacial score (nSPS) is 11.1. The summed E-state index contributed by atoms with van der Waals surface area (Å²) in [5, 5.41) is 4.98. The summed E-state index contributed by atoms with van der Waals surface area (Å²) in [5.41, 5.74) is 2.96. The third kappa shape index (κ3) is 6.02. The van der Waals surface area contributed by atoms with E-state index in [1.54, 1.807) is 24.3 Å². The van der Waals surface area contributed by atoms with Crippen molar-refractivity contribution in [3.63, 3.8) is 0 Å². The predicted molar refractivity (Wildman–Crippen MR) is 130 cm³/mol. The van der Waals surface area contributed by atoms with Crippen molar-refractivity contribution >= 4 is 94.7 Å². The first kappa shape index (κ1) is 23.6. The van der Waals surface area contributed by atoms with E-state index in [4.69, 9.17) is 44.0 Å². The summed E-state index contributed by atoms with van der Waals surface area (Å²) in [6, 6.07) is 10.2. The predicted octanol–water partition coefficient (Wildman–Crippen LogP) is 7.72. The molecule has 5 nitrogen and oxygen atoms in total. The molecule has 0 saturated heterocycles. The number of benzene rings is 2. The van der Waals surface area contributed by atoms with Gasteiger partial charge in [-0.3, -0.25) is 4.79 Å². The van der Waals surface area contributed by atoms with Gasteiger partial charge in [-0.05, 0) is 68.3 Å². The Morgan fingerprint density at radius 3 is 2.40 bits per heavy atom. The zero-order chi connectivity index (χ0) is 21.8. The molecule has 0 unspecified atom stereocenters. The molecule has 3 aromatic rings. The average Bonchev–Trinajstić information content (AvgIpc) is 3.12. The van der Waals surface area contributed by atoms with Gasteiger partial charge in [0.05, 0.1) is 30.2 Å². The maximum absolute atomic E-state index is 12.0. The lowest BCUT2D eigenvalue weighted by atomic mass is 10.2. The molecule has 0 radical (unpaired) electrons. The summed E-state index contributed by atoms with van der Waals surface area (Å²) in [5.74, 6) is 0.963. The van der Waals surface area contributed by atoms with E-state index in [2.05, 4.69) is 58.3 Å². The highest BCUT2D eigenvalue weighted by Gasteiger charge is 2.12. The maximum Gasteiger partial charge on any atom is 0.277 e. The quantitative estimate of drug-likeness (QED) is 0.167. The monoisotopic (exact) mass is 656 g/mol. The van der Waals surface area contributed by atoms with Gasteiger partial charge in [0.15, 0.2) is 6.61 Å². The third-order valence-electron chi connectivity index (χ3n) is 3.59. The smallest absolute Gasteiger partial charge is 0.277 e. The Morgan fingerprint density at radius 1 is 1.03 bits per heavy atom. The molecule has 1 amide bonds. The summed E-state index contributed by atoms with van der Waals surface area (Å²) < 4.78 is 13.4. The molecule has 2 aromatic carbocycles. The SMILES string of the molecule is O=C(COc1c(Br)cc(Br)cc1Br)N/N=C\c1ccc(-c2cc(Cl)c(Cl)cc2Cl)o1. The molecular formula is C19H10Br3Cl3N2O3. The molecule has 0 saturated carbocycles. The Balaban J connectivity index is 1.59. The fourth-order valence-electron chi connectivity index (χ4n) is 2.28. The van der Waals surface area contributed by atoms with Gasteiger partial charge in [-0.15, -0.1) is 0 Å². The second-order valence-corrected chi connectivity index (χ2v) is 9.57. The van der Waals surface area contributed by atoms with Crippen molar-refractivity contribution in [1.29, 1.82) is 0 Å². The first-order valence-electron chi connectivity index (χ1n) is 8.08. The number of carbonyl (C=O) groups excluding carboxylic acids is 1. The van der Waals surface area contributed by atoms with Crippen LogP contribution >= 0.6 is 82.6 Å². The lowest BCUT2D eigenvalue weighted by molar-refractivity contribution is -0.123. The van der Waals surface area contributed by atoms with Gasteiger partial charge < -0.3 is 9.15 Å². The van der Waals surface area contributed by atoms with Crippen LogP contribution in [0.2, 0.25) is 15.1 Å². The number of furan rings is 1. The molecule has 1 heterocycles. The molecule has 0 bridgehead atoms. The molecule has 0 aliphatic rings. The number of hydrogen-bond acceptors (Lipinski definition) is 4. The Labute approximate surface area is 212 Å². The number of halogens is 6. The largest absolute Gasteiger partial charge is 0.481 e. The van der Waals surface area contributed by atoms with Crippen LogP contribution in [0.5, 0.6) is 5.75 Å². The van der Waals surface area contributed by atoms with Gasteiger partial charge in [0.25, 0.3) is 5.91 Å². The summed E-state index contributed by atoms with van der Waals surface area (Å²) >= 11 is 28.3. The molecule has 0 aliphatic heterocycles. The van der Waals surface area contributed by atoms with Crippen LogP contribution in [0.25, 0.3) is 11.3 Å². The Bertz CT molecular complexity index is 1110. The molecule has 11 heteroatoms. The standard InChI is InChI=1S/C19H10Br3Cl3N2O3/c20-9-3-12(21)19(13(22)4-9)29-8-18(28)27-26-7-10-1-2-17(30-10)11-5-15(24)16(25)6-14(11)23/h1-7H,8H2,(H,27,28)/b26-7-. The average molecular weight is 660 g/mol. The lowest BCUT2D eigenvalue weighted by Gasteiger charge is -2.09. The molecule has 30 heavy (non-hydrogen) atoms. The van der Waals surface area contributed by atoms with Crippen LogP contribution in [-0.4, -0.2) is 18.7 Å². The minimum atomic E-state index is -0.438. The first-order valence-corrected chi connectivity index (χ1v) is 11.6. The van der Waals surface area contributed by atoms with Crippen LogP contribution in [0.15, 0.2) is 59.3 Å². The van der Waals surface area contributed by atoms with E-state index < -0.39 is 5.91 Å². The molecule has 0 spiro atoms. The topological polar surface area (TPSA) is 63.8 Å². The Morgan fingerprint density at radius 2 is 1.70 bits per heavy atom. The van der Waals surface area contributed by atoms with Crippen LogP contribution in [0.4, 0.5) is 0 Å². The summed E-state index contributed by atoms with van der Waals surface area (Å²) in [4.78, 5) is 12.0. The van der Waals surface area contributed by atoms with Crippen LogP contribution in [-0.2, 0) is 4.79 Å². The minimum absolute atomic E-state index is 0.224. The molecule has 1 N–H and O–H groups in total. The van der Waals surface area contributed by atoms with Crippen molar-refractivity contribution in [3.8, 4) is 17.1 Å². The van der Waals surface area contributed by atoms with Gasteiger partial charge in [-0.2, -0.15) is 5.10 Å². The van der Waals surface area contributed by atoms with Crippen molar-refractivity contribution < 1.29 is 13.9 Å². The van der Waals surface area contributed by atoms with Crippen molar-refractivity contribution in [1.82, 2.24) is 5.43 Å². The van der Waals surface area contributed by atoms with E-state index in [9.17, 15) is 4.79 Å². The molecule has 1 aromatic heterocycles. The van der Waals surface area contributed by atoms with E-state index in [-0.39, 0.29) is 6.61 Å². The van der Waals surface area contributed by atoms with Gasteiger partial charge in [0.1, 0.15) is 17.3 Å². The first-order chi connectivity index (χ1) is 14.2. The van der Waals surface area contributed by atoms with Crippen molar-refractivity contribution in [2.24, 2.45) is 5.10 Å². The number of nitrogens with one attached hydrogen (secondary N) is 1.